The number of carbonyl (C=O) groups excluding carboxylic acids is 1. The molecule has 0 radical (unpaired) electrons. The molecule has 0 aromatic heterocycles. The fourth-order valence-corrected chi connectivity index (χ4v) is 4.21. The lowest BCUT2D eigenvalue weighted by molar-refractivity contribution is -0.120. The Morgan fingerprint density at radius 1 is 1.23 bits per heavy atom. The molecule has 1 N–H and O–H groups in total. The van der Waals surface area contributed by atoms with E-state index >= 15 is 0 Å². The Kier molecular flexibility index (Phi) is 7.20. The molecule has 1 aliphatic heterocycles. The topological polar surface area (TPSA) is 78.8 Å². The SMILES string of the molecule is CCC(CC)C(=O)Nc1cccc(S(=O)(=O)/N=C2/CCCCCN2C)c1. The third-order valence-electron chi connectivity index (χ3n) is 4.82. The van der Waals surface area contributed by atoms with Crippen LogP contribution < -0.4 is 5.32 Å². The van der Waals surface area contributed by atoms with E-state index in [0.29, 0.717) is 17.9 Å². The molecule has 1 saturated heterocycles. The minimum absolute atomic E-state index is 0.0739. The van der Waals surface area contributed by atoms with Gasteiger partial charge in [0.05, 0.1) is 4.90 Å². The number of amidine groups is 1. The minimum atomic E-state index is -3.80. The highest BCUT2D eigenvalue weighted by Crippen LogP contribution is 2.21. The monoisotopic (exact) mass is 379 g/mol. The van der Waals surface area contributed by atoms with Crippen LogP contribution in [0.25, 0.3) is 0 Å². The molecule has 1 fully saturated rings. The molecular formula is C19H29N3O3S. The molecule has 1 aromatic rings. The number of benzene rings is 1. The summed E-state index contributed by atoms with van der Waals surface area (Å²) in [6.45, 7) is 4.75. The first-order chi connectivity index (χ1) is 12.4. The number of likely N-dealkylation sites (tertiary alicyclic amines) is 1. The first-order valence-corrected chi connectivity index (χ1v) is 10.8. The van der Waals surface area contributed by atoms with Crippen LogP contribution in [-0.2, 0) is 14.8 Å². The molecule has 7 heteroatoms. The van der Waals surface area contributed by atoms with E-state index in [4.69, 9.17) is 0 Å². The maximum Gasteiger partial charge on any atom is 0.284 e. The Morgan fingerprint density at radius 2 is 1.96 bits per heavy atom. The van der Waals surface area contributed by atoms with Crippen LogP contribution in [0, 0.1) is 5.92 Å². The lowest BCUT2D eigenvalue weighted by atomic mass is 10.0. The summed E-state index contributed by atoms with van der Waals surface area (Å²) in [4.78, 5) is 14.3. The van der Waals surface area contributed by atoms with Crippen LogP contribution in [0.15, 0.2) is 33.6 Å². The Hall–Kier alpha value is -1.89. The maximum atomic E-state index is 12.7. The molecule has 0 saturated carbocycles. The summed E-state index contributed by atoms with van der Waals surface area (Å²) >= 11 is 0. The van der Waals surface area contributed by atoms with Gasteiger partial charge in [0.15, 0.2) is 0 Å². The van der Waals surface area contributed by atoms with Crippen molar-refractivity contribution >= 4 is 27.5 Å². The zero-order chi connectivity index (χ0) is 19.2. The van der Waals surface area contributed by atoms with Gasteiger partial charge in [0.1, 0.15) is 5.84 Å². The smallest absolute Gasteiger partial charge is 0.284 e. The number of nitrogens with zero attached hydrogens (tertiary/aromatic N) is 2. The Labute approximate surface area is 156 Å². The second kappa shape index (κ2) is 9.16. The molecule has 26 heavy (non-hydrogen) atoms. The molecule has 144 valence electrons. The maximum absolute atomic E-state index is 12.7. The van der Waals surface area contributed by atoms with Crippen LogP contribution in [0.2, 0.25) is 0 Å². The van der Waals surface area contributed by atoms with E-state index in [-0.39, 0.29) is 16.7 Å². The molecule has 0 unspecified atom stereocenters. The van der Waals surface area contributed by atoms with E-state index in [2.05, 4.69) is 9.71 Å². The standard InChI is InChI=1S/C19H29N3O3S/c1-4-15(5-2)19(23)20-16-10-9-11-17(14-16)26(24,25)21-18-12-7-6-8-13-22(18)3/h9-11,14-15H,4-8,12-13H2,1-3H3,(H,20,23)/b21-18-. The van der Waals surface area contributed by atoms with Gasteiger partial charge in [-0.15, -0.1) is 4.40 Å². The van der Waals surface area contributed by atoms with Crippen molar-refractivity contribution in [1.29, 1.82) is 0 Å². The number of nitrogens with one attached hydrogen (secondary N) is 1. The molecule has 1 heterocycles. The van der Waals surface area contributed by atoms with Crippen LogP contribution in [0.4, 0.5) is 5.69 Å². The fraction of sp³-hybridized carbons (Fsp3) is 0.579. The normalized spacial score (nSPS) is 17.4. The Balaban J connectivity index is 2.23. The van der Waals surface area contributed by atoms with E-state index in [1.807, 2.05) is 25.8 Å². The fourth-order valence-electron chi connectivity index (χ4n) is 3.07. The van der Waals surface area contributed by atoms with Gasteiger partial charge < -0.3 is 10.2 Å². The van der Waals surface area contributed by atoms with Crippen molar-refractivity contribution in [1.82, 2.24) is 4.90 Å². The number of sulfonamides is 1. The summed E-state index contributed by atoms with van der Waals surface area (Å²) in [7, 11) is -1.92. The first kappa shape index (κ1) is 20.4. The van der Waals surface area contributed by atoms with E-state index in [1.165, 1.54) is 12.1 Å². The van der Waals surface area contributed by atoms with E-state index in [9.17, 15) is 13.2 Å². The molecule has 0 bridgehead atoms. The largest absolute Gasteiger partial charge is 0.362 e. The summed E-state index contributed by atoms with van der Waals surface area (Å²) < 4.78 is 29.5. The Morgan fingerprint density at radius 3 is 2.65 bits per heavy atom. The summed E-state index contributed by atoms with van der Waals surface area (Å²) in [5.74, 6) is 0.448. The number of hydrogen-bond donors (Lipinski definition) is 1. The predicted molar refractivity (Wildman–Crippen MR) is 105 cm³/mol. The highest BCUT2D eigenvalue weighted by atomic mass is 32.2. The van der Waals surface area contributed by atoms with Gasteiger partial charge in [0.2, 0.25) is 5.91 Å². The van der Waals surface area contributed by atoms with Crippen molar-refractivity contribution < 1.29 is 13.2 Å². The van der Waals surface area contributed by atoms with Crippen molar-refractivity contribution in [3.8, 4) is 0 Å². The average molecular weight is 380 g/mol. The van der Waals surface area contributed by atoms with Crippen molar-refractivity contribution in [2.75, 3.05) is 18.9 Å². The van der Waals surface area contributed by atoms with Gasteiger partial charge >= 0.3 is 0 Å². The number of amides is 1. The number of rotatable bonds is 6. The molecule has 0 spiro atoms. The van der Waals surface area contributed by atoms with Gasteiger partial charge in [-0.2, -0.15) is 8.42 Å². The third kappa shape index (κ3) is 5.30. The van der Waals surface area contributed by atoms with Crippen molar-refractivity contribution in [3.05, 3.63) is 24.3 Å². The summed E-state index contributed by atoms with van der Waals surface area (Å²) in [6, 6.07) is 6.33. The molecule has 6 nitrogen and oxygen atoms in total. The molecule has 2 rings (SSSR count). The zero-order valence-electron chi connectivity index (χ0n) is 15.9. The minimum Gasteiger partial charge on any atom is -0.362 e. The molecule has 0 aliphatic carbocycles. The first-order valence-electron chi connectivity index (χ1n) is 9.33. The molecule has 1 amide bonds. The highest BCUT2D eigenvalue weighted by Gasteiger charge is 2.20. The zero-order valence-corrected chi connectivity index (χ0v) is 16.7. The lowest BCUT2D eigenvalue weighted by Crippen LogP contribution is -2.27. The van der Waals surface area contributed by atoms with Crippen LogP contribution >= 0.6 is 0 Å². The van der Waals surface area contributed by atoms with Gasteiger partial charge in [-0.25, -0.2) is 0 Å². The van der Waals surface area contributed by atoms with E-state index in [0.717, 1.165) is 38.6 Å². The second-order valence-electron chi connectivity index (χ2n) is 6.75. The number of hydrogen-bond acceptors (Lipinski definition) is 3. The second-order valence-corrected chi connectivity index (χ2v) is 8.35. The summed E-state index contributed by atoms with van der Waals surface area (Å²) in [6.07, 6.45) is 5.25. The number of carbonyl (C=O) groups is 1. The van der Waals surface area contributed by atoms with Gasteiger partial charge in [-0.1, -0.05) is 26.3 Å². The van der Waals surface area contributed by atoms with Gasteiger partial charge in [0.25, 0.3) is 10.0 Å². The van der Waals surface area contributed by atoms with Crippen LogP contribution in [-0.4, -0.2) is 38.7 Å². The molecule has 1 aromatic carbocycles. The molecule has 1 aliphatic rings. The highest BCUT2D eigenvalue weighted by molar-refractivity contribution is 7.90. The molecular weight excluding hydrogens is 350 g/mol. The average Bonchev–Trinajstić information content (AvgIpc) is 2.80. The Bertz CT molecular complexity index is 755. The van der Waals surface area contributed by atoms with E-state index < -0.39 is 10.0 Å². The third-order valence-corrected chi connectivity index (χ3v) is 6.12. The van der Waals surface area contributed by atoms with Crippen molar-refractivity contribution in [2.24, 2.45) is 10.3 Å². The van der Waals surface area contributed by atoms with Crippen molar-refractivity contribution in [3.63, 3.8) is 0 Å². The van der Waals surface area contributed by atoms with E-state index in [1.54, 1.807) is 12.1 Å². The van der Waals surface area contributed by atoms with Crippen LogP contribution in [0.5, 0.6) is 0 Å². The lowest BCUT2D eigenvalue weighted by Gasteiger charge is -2.18. The number of anilines is 1. The van der Waals surface area contributed by atoms with Gasteiger partial charge in [-0.3, -0.25) is 4.79 Å². The van der Waals surface area contributed by atoms with Crippen LogP contribution in [0.3, 0.4) is 0 Å². The van der Waals surface area contributed by atoms with Crippen molar-refractivity contribution in [2.45, 2.75) is 57.3 Å². The van der Waals surface area contributed by atoms with Crippen LogP contribution in [0.1, 0.15) is 52.4 Å². The van der Waals surface area contributed by atoms with Gasteiger partial charge in [0, 0.05) is 31.6 Å². The molecule has 0 atom stereocenters. The van der Waals surface area contributed by atoms with Gasteiger partial charge in [-0.05, 0) is 43.9 Å². The summed E-state index contributed by atoms with van der Waals surface area (Å²) in [5.41, 5.74) is 0.484. The quantitative estimate of drug-likeness (QED) is 0.818. The predicted octanol–water partition coefficient (Wildman–Crippen LogP) is 3.65. The summed E-state index contributed by atoms with van der Waals surface area (Å²) in [5, 5.41) is 2.82.